The zero-order valence-electron chi connectivity index (χ0n) is 21.8. The van der Waals surface area contributed by atoms with Gasteiger partial charge >= 0.3 is 29.6 Å². The number of fused-ring (bicyclic) bond motifs is 1. The number of thioether (sulfide) groups is 1. The Bertz CT molecular complexity index is 1520. The summed E-state index contributed by atoms with van der Waals surface area (Å²) in [6, 6.07) is 30.1. The average molecular weight is 549 g/mol. The van der Waals surface area contributed by atoms with Crippen molar-refractivity contribution in [3.63, 3.8) is 0 Å². The molecule has 1 fully saturated rings. The molecule has 0 aromatic heterocycles. The Morgan fingerprint density at radius 3 is 2.36 bits per heavy atom. The van der Waals surface area contributed by atoms with E-state index in [-0.39, 0.29) is 35.5 Å². The van der Waals surface area contributed by atoms with E-state index in [0.717, 1.165) is 40.3 Å². The number of carbonyl (C=O) groups excluding carboxylic acids is 1. The molecule has 1 amide bonds. The first-order chi connectivity index (χ1) is 18.4. The van der Waals surface area contributed by atoms with Gasteiger partial charge in [0.1, 0.15) is 18.1 Å². The quantitative estimate of drug-likeness (QED) is 0.218. The Morgan fingerprint density at radius 2 is 1.67 bits per heavy atom. The van der Waals surface area contributed by atoms with Crippen LogP contribution in [0, 0.1) is 6.07 Å². The van der Waals surface area contributed by atoms with E-state index in [1.165, 1.54) is 11.8 Å². The van der Waals surface area contributed by atoms with Gasteiger partial charge in [-0.3, -0.25) is 14.6 Å². The van der Waals surface area contributed by atoms with Gasteiger partial charge in [-0.05, 0) is 52.5 Å². The minimum Gasteiger partial charge on any atom is -0.496 e. The number of carboxylic acid groups (broad SMARTS) is 1. The summed E-state index contributed by atoms with van der Waals surface area (Å²) in [5.41, 5.74) is 2.52. The van der Waals surface area contributed by atoms with Crippen LogP contribution in [0.4, 0.5) is 5.69 Å². The van der Waals surface area contributed by atoms with Crippen LogP contribution in [0.25, 0.3) is 16.8 Å². The van der Waals surface area contributed by atoms with Crippen molar-refractivity contribution in [3.05, 3.63) is 107 Å². The van der Waals surface area contributed by atoms with E-state index in [1.54, 1.807) is 19.2 Å². The van der Waals surface area contributed by atoms with Gasteiger partial charge in [0.2, 0.25) is 0 Å². The number of hydrogen-bond donors (Lipinski definition) is 2. The van der Waals surface area contributed by atoms with Gasteiger partial charge in [0.25, 0.3) is 11.9 Å². The van der Waals surface area contributed by atoms with Gasteiger partial charge in [0, 0.05) is 18.1 Å². The third-order valence-electron chi connectivity index (χ3n) is 5.32. The number of methoxy groups -OCH3 is 1. The second-order valence-corrected chi connectivity index (χ2v) is 9.13. The largest absolute Gasteiger partial charge is 1.00 e. The van der Waals surface area contributed by atoms with Crippen LogP contribution in [0.15, 0.2) is 94.8 Å². The van der Waals surface area contributed by atoms with Crippen LogP contribution in [0.1, 0.15) is 18.1 Å². The number of amides is 1. The number of ether oxygens (including phenoxy) is 2. The van der Waals surface area contributed by atoms with E-state index in [1.807, 2.05) is 78.9 Å². The van der Waals surface area contributed by atoms with Gasteiger partial charge in [-0.2, -0.15) is 18.2 Å². The number of amidine groups is 1. The number of para-hydroxylation sites is 1. The Morgan fingerprint density at radius 1 is 1.03 bits per heavy atom. The van der Waals surface area contributed by atoms with E-state index in [0.29, 0.717) is 22.4 Å². The molecule has 7 nitrogen and oxygen atoms in total. The van der Waals surface area contributed by atoms with Crippen molar-refractivity contribution < 1.29 is 53.7 Å². The second kappa shape index (κ2) is 14.6. The fourth-order valence-electron chi connectivity index (χ4n) is 3.64. The third-order valence-corrected chi connectivity index (χ3v) is 6.23. The van der Waals surface area contributed by atoms with Crippen molar-refractivity contribution in [2.24, 2.45) is 4.99 Å². The van der Waals surface area contributed by atoms with Crippen LogP contribution in [0.5, 0.6) is 11.5 Å². The van der Waals surface area contributed by atoms with Crippen molar-refractivity contribution >= 4 is 51.3 Å². The zero-order valence-corrected chi connectivity index (χ0v) is 24.6. The van der Waals surface area contributed by atoms with Gasteiger partial charge in [0.05, 0.1) is 12.0 Å². The average Bonchev–Trinajstić information content (AvgIpc) is 3.25. The summed E-state index contributed by atoms with van der Waals surface area (Å²) in [5.74, 6) is 0.442. The first-order valence-corrected chi connectivity index (χ1v) is 12.5. The molecule has 4 aromatic carbocycles. The molecule has 1 heterocycles. The van der Waals surface area contributed by atoms with Gasteiger partial charge in [-0.25, -0.2) is 0 Å². The summed E-state index contributed by atoms with van der Waals surface area (Å²) in [6.45, 7) is 1.43. The molecule has 0 unspecified atom stereocenters. The van der Waals surface area contributed by atoms with Crippen LogP contribution in [0.3, 0.4) is 0 Å². The molecule has 0 bridgehead atoms. The SMILES string of the molecule is CC(=O)O.COc1ccccc1COc1cc2ccccc2cc1C=C1SC(=Nc2cc[c-]cc2)NC1=O.[Na+]. The minimum atomic E-state index is -0.833. The van der Waals surface area contributed by atoms with Crippen LogP contribution in [-0.2, 0) is 16.2 Å². The second-order valence-electron chi connectivity index (χ2n) is 8.10. The number of aliphatic carboxylic acids is 1. The topological polar surface area (TPSA) is 97.2 Å². The molecule has 9 heteroatoms. The predicted molar refractivity (Wildman–Crippen MR) is 151 cm³/mol. The number of rotatable bonds is 6. The van der Waals surface area contributed by atoms with Crippen LogP contribution < -0.4 is 44.3 Å². The Balaban J connectivity index is 0.000000788. The normalized spacial score (nSPS) is 14.3. The summed E-state index contributed by atoms with van der Waals surface area (Å²) < 4.78 is 11.7. The van der Waals surface area contributed by atoms with Gasteiger partial charge in [-0.15, -0.1) is 12.1 Å². The maximum atomic E-state index is 12.7. The van der Waals surface area contributed by atoms with Crippen molar-refractivity contribution in [1.82, 2.24) is 5.32 Å². The van der Waals surface area contributed by atoms with Crippen LogP contribution in [-0.4, -0.2) is 29.3 Å². The van der Waals surface area contributed by atoms with Gasteiger partial charge < -0.3 is 19.9 Å². The van der Waals surface area contributed by atoms with E-state index < -0.39 is 5.97 Å². The molecule has 39 heavy (non-hydrogen) atoms. The number of nitrogens with one attached hydrogen (secondary N) is 1. The van der Waals surface area contributed by atoms with Crippen molar-refractivity contribution in [2.45, 2.75) is 13.5 Å². The smallest absolute Gasteiger partial charge is 0.496 e. The van der Waals surface area contributed by atoms with Gasteiger partial charge in [0.15, 0.2) is 5.17 Å². The maximum absolute atomic E-state index is 12.7. The number of hydrogen-bond acceptors (Lipinski definition) is 6. The molecule has 0 aliphatic carbocycles. The monoisotopic (exact) mass is 548 g/mol. The van der Waals surface area contributed by atoms with E-state index in [2.05, 4.69) is 16.4 Å². The Hall–Kier alpha value is -3.56. The third kappa shape index (κ3) is 8.46. The molecular weight excluding hydrogens is 523 g/mol. The van der Waals surface area contributed by atoms with E-state index >= 15 is 0 Å². The maximum Gasteiger partial charge on any atom is 1.00 e. The molecule has 0 atom stereocenters. The molecule has 0 spiro atoms. The molecular formula is C30H25N2NaO5S. The summed E-state index contributed by atoms with van der Waals surface area (Å²) in [4.78, 5) is 26.7. The fraction of sp³-hybridized carbons (Fsp3) is 0.100. The Kier molecular flexibility index (Phi) is 11.2. The number of carbonyl (C=O) groups is 2. The first-order valence-electron chi connectivity index (χ1n) is 11.7. The molecule has 2 N–H and O–H groups in total. The molecule has 1 aliphatic rings. The number of benzene rings is 4. The van der Waals surface area contributed by atoms with Crippen LogP contribution in [0.2, 0.25) is 0 Å². The van der Waals surface area contributed by atoms with E-state index in [9.17, 15) is 4.79 Å². The van der Waals surface area contributed by atoms with Crippen molar-refractivity contribution in [1.29, 1.82) is 0 Å². The summed E-state index contributed by atoms with van der Waals surface area (Å²) in [6.07, 6.45) is 1.85. The Labute approximate surface area is 253 Å². The standard InChI is InChI=1S/C28H21N2O3S.C2H4O2.Na/c1-32-24-14-8-7-11-21(24)18-33-25-16-20-10-6-5-9-19(20)15-22(25)17-26-27(31)30-28(34-26)29-23-12-3-2-4-13-23;1-2(3)4;/h3-17H,18H2,1H3,(H,29,30,31);1H3,(H,3,4);/q-1;;+1. The molecule has 0 radical (unpaired) electrons. The van der Waals surface area contributed by atoms with Gasteiger partial charge in [-0.1, -0.05) is 42.5 Å². The molecule has 1 saturated heterocycles. The number of aliphatic imine (C=N–C) groups is 1. The molecule has 4 aromatic rings. The zero-order chi connectivity index (χ0) is 26.9. The van der Waals surface area contributed by atoms with E-state index in [4.69, 9.17) is 19.4 Å². The number of nitrogens with zero attached hydrogens (tertiary/aromatic N) is 1. The molecule has 1 aliphatic heterocycles. The molecule has 192 valence electrons. The minimum absolute atomic E-state index is 0. The summed E-state index contributed by atoms with van der Waals surface area (Å²) in [5, 5.41) is 12.9. The molecule has 0 saturated carbocycles. The molecule has 5 rings (SSSR count). The summed E-state index contributed by atoms with van der Waals surface area (Å²) in [7, 11) is 1.65. The fourth-order valence-corrected chi connectivity index (χ4v) is 4.48. The first kappa shape index (κ1) is 30.0. The van der Waals surface area contributed by atoms with Crippen molar-refractivity contribution in [2.75, 3.05) is 7.11 Å². The van der Waals surface area contributed by atoms with Crippen molar-refractivity contribution in [3.8, 4) is 11.5 Å². The summed E-state index contributed by atoms with van der Waals surface area (Å²) >= 11 is 1.31. The van der Waals surface area contributed by atoms with Crippen LogP contribution >= 0.6 is 11.8 Å². The predicted octanol–water partition coefficient (Wildman–Crippen LogP) is 3.21. The number of carboxylic acids is 1.